The van der Waals surface area contributed by atoms with Crippen LogP contribution in [0.5, 0.6) is 0 Å². The number of carbonyl (C=O) groups excluding carboxylic acids is 1. The van der Waals surface area contributed by atoms with Crippen LogP contribution in [0.25, 0.3) is 0 Å². The van der Waals surface area contributed by atoms with E-state index in [-0.39, 0.29) is 5.91 Å². The summed E-state index contributed by atoms with van der Waals surface area (Å²) in [6, 6.07) is 0. The van der Waals surface area contributed by atoms with Crippen LogP contribution in [0.4, 0.5) is 0 Å². The Morgan fingerprint density at radius 2 is 2.17 bits per heavy atom. The van der Waals surface area contributed by atoms with Gasteiger partial charge in [-0.2, -0.15) is 0 Å². The number of rotatable bonds is 6. The van der Waals surface area contributed by atoms with E-state index in [1.165, 1.54) is 31.9 Å². The highest BCUT2D eigenvalue weighted by Crippen LogP contribution is 2.05. The Kier molecular flexibility index (Phi) is 7.29. The first-order valence-corrected chi connectivity index (χ1v) is 5.16. The van der Waals surface area contributed by atoms with Crippen LogP contribution in [-0.4, -0.2) is 23.3 Å². The van der Waals surface area contributed by atoms with Crippen LogP contribution in [0.3, 0.4) is 0 Å². The van der Waals surface area contributed by atoms with E-state index in [0.29, 0.717) is 0 Å². The van der Waals surface area contributed by atoms with Crippen LogP contribution < -0.4 is 4.72 Å². The molecule has 0 rings (SSSR count). The van der Waals surface area contributed by atoms with E-state index < -0.39 is 0 Å². The summed E-state index contributed by atoms with van der Waals surface area (Å²) in [5.74, 6) is 0.00921. The molecule has 0 unspecified atom stereocenters. The first-order valence-electron chi connectivity index (χ1n) is 4.39. The number of amides is 1. The Morgan fingerprint density at radius 3 is 2.58 bits per heavy atom. The van der Waals surface area contributed by atoms with Gasteiger partial charge < -0.3 is 0 Å². The highest BCUT2D eigenvalue weighted by atomic mass is 32.2. The molecule has 0 atom stereocenters. The smallest absolute Gasteiger partial charge is 0.227 e. The van der Waals surface area contributed by atoms with Crippen molar-refractivity contribution in [2.45, 2.75) is 33.6 Å². The molecule has 0 saturated heterocycles. The van der Waals surface area contributed by atoms with E-state index in [9.17, 15) is 4.79 Å². The van der Waals surface area contributed by atoms with Crippen LogP contribution in [0.15, 0.2) is 0 Å². The van der Waals surface area contributed by atoms with E-state index in [1.807, 2.05) is 0 Å². The molecule has 0 aromatic carbocycles. The van der Waals surface area contributed by atoms with Crippen molar-refractivity contribution in [3.63, 3.8) is 0 Å². The minimum atomic E-state index is 0.00921. The van der Waals surface area contributed by atoms with Gasteiger partial charge in [0.2, 0.25) is 5.91 Å². The van der Waals surface area contributed by atoms with Gasteiger partial charge in [0.25, 0.3) is 0 Å². The SMILES string of the molecule is CCCCN(CC)SNC(C)=O. The largest absolute Gasteiger partial charge is 0.287 e. The molecule has 72 valence electrons. The molecule has 0 aromatic heterocycles. The van der Waals surface area contributed by atoms with Gasteiger partial charge >= 0.3 is 0 Å². The highest BCUT2D eigenvalue weighted by molar-refractivity contribution is 7.95. The lowest BCUT2D eigenvalue weighted by atomic mass is 10.3. The molecular formula is C8H18N2OS. The molecule has 0 saturated carbocycles. The normalized spacial score (nSPS) is 10.3. The molecule has 0 fully saturated rings. The number of unbranched alkanes of at least 4 members (excludes halogenated alkanes) is 1. The monoisotopic (exact) mass is 190 g/mol. The molecule has 1 amide bonds. The zero-order valence-electron chi connectivity index (χ0n) is 8.09. The van der Waals surface area contributed by atoms with Crippen LogP contribution in [-0.2, 0) is 4.79 Å². The van der Waals surface area contributed by atoms with Gasteiger partial charge in [-0.1, -0.05) is 20.3 Å². The Balaban J connectivity index is 3.45. The maximum atomic E-state index is 10.6. The van der Waals surface area contributed by atoms with Gasteiger partial charge in [-0.3, -0.25) is 9.52 Å². The van der Waals surface area contributed by atoms with Gasteiger partial charge in [-0.25, -0.2) is 4.31 Å². The molecule has 0 heterocycles. The topological polar surface area (TPSA) is 32.3 Å². The average Bonchev–Trinajstić information content (AvgIpc) is 2.05. The van der Waals surface area contributed by atoms with Gasteiger partial charge in [0, 0.05) is 32.1 Å². The fraction of sp³-hybridized carbons (Fsp3) is 0.875. The summed E-state index contributed by atoms with van der Waals surface area (Å²) in [7, 11) is 0. The van der Waals surface area contributed by atoms with Crippen molar-refractivity contribution in [1.29, 1.82) is 0 Å². The summed E-state index contributed by atoms with van der Waals surface area (Å²) in [5.41, 5.74) is 0. The molecule has 3 nitrogen and oxygen atoms in total. The van der Waals surface area contributed by atoms with Crippen molar-refractivity contribution >= 4 is 18.0 Å². The molecule has 1 N–H and O–H groups in total. The minimum Gasteiger partial charge on any atom is -0.287 e. The van der Waals surface area contributed by atoms with Gasteiger partial charge in [-0.15, -0.1) is 0 Å². The van der Waals surface area contributed by atoms with E-state index in [4.69, 9.17) is 0 Å². The van der Waals surface area contributed by atoms with Crippen LogP contribution in [0.1, 0.15) is 33.6 Å². The third kappa shape index (κ3) is 6.49. The summed E-state index contributed by atoms with van der Waals surface area (Å²) in [4.78, 5) is 10.6. The molecule has 0 radical (unpaired) electrons. The van der Waals surface area contributed by atoms with Crippen LogP contribution in [0.2, 0.25) is 0 Å². The van der Waals surface area contributed by atoms with Gasteiger partial charge in [0.05, 0.1) is 0 Å². The van der Waals surface area contributed by atoms with Crippen molar-refractivity contribution in [2.24, 2.45) is 0 Å². The second-order valence-electron chi connectivity index (χ2n) is 2.62. The van der Waals surface area contributed by atoms with E-state index in [1.54, 1.807) is 0 Å². The van der Waals surface area contributed by atoms with Crippen molar-refractivity contribution in [3.8, 4) is 0 Å². The Bertz CT molecular complexity index is 130. The summed E-state index contributed by atoms with van der Waals surface area (Å²) in [5, 5.41) is 0. The Hall–Kier alpha value is -0.220. The Labute approximate surface area is 79.2 Å². The van der Waals surface area contributed by atoms with Crippen LogP contribution >= 0.6 is 12.1 Å². The third-order valence-corrected chi connectivity index (χ3v) is 2.51. The van der Waals surface area contributed by atoms with Gasteiger partial charge in [0.15, 0.2) is 0 Å². The van der Waals surface area contributed by atoms with Gasteiger partial charge in [-0.05, 0) is 6.42 Å². The molecule has 0 aromatic rings. The summed E-state index contributed by atoms with van der Waals surface area (Å²) >= 11 is 1.40. The summed E-state index contributed by atoms with van der Waals surface area (Å²) < 4.78 is 4.85. The summed E-state index contributed by atoms with van der Waals surface area (Å²) in [6.07, 6.45) is 2.37. The number of nitrogens with zero attached hydrogens (tertiary/aromatic N) is 1. The quantitative estimate of drug-likeness (QED) is 0.648. The zero-order chi connectivity index (χ0) is 9.40. The fourth-order valence-electron chi connectivity index (χ4n) is 0.732. The lowest BCUT2D eigenvalue weighted by Crippen LogP contribution is -2.24. The standard InChI is InChI=1S/C8H18N2OS/c1-4-6-7-10(5-2)12-9-8(3)11/h4-7H2,1-3H3,(H,9,11). The third-order valence-electron chi connectivity index (χ3n) is 1.43. The molecule has 12 heavy (non-hydrogen) atoms. The van der Waals surface area contributed by atoms with Crippen molar-refractivity contribution in [1.82, 2.24) is 9.03 Å². The number of hydrogen-bond donors (Lipinski definition) is 1. The average molecular weight is 190 g/mol. The first-order chi connectivity index (χ1) is 5.70. The molecule has 0 aliphatic carbocycles. The Morgan fingerprint density at radius 1 is 1.50 bits per heavy atom. The van der Waals surface area contributed by atoms with Crippen LogP contribution in [0, 0.1) is 0 Å². The molecular weight excluding hydrogens is 172 g/mol. The molecule has 4 heteroatoms. The second-order valence-corrected chi connectivity index (χ2v) is 3.53. The number of carbonyl (C=O) groups is 1. The van der Waals surface area contributed by atoms with Gasteiger partial charge in [0.1, 0.15) is 0 Å². The number of hydrogen-bond acceptors (Lipinski definition) is 3. The lowest BCUT2D eigenvalue weighted by molar-refractivity contribution is -0.117. The molecule has 0 aliphatic rings. The lowest BCUT2D eigenvalue weighted by Gasteiger charge is -2.17. The minimum absolute atomic E-state index is 0.00921. The molecule has 0 bridgehead atoms. The van der Waals surface area contributed by atoms with E-state index in [2.05, 4.69) is 22.9 Å². The maximum absolute atomic E-state index is 10.6. The summed E-state index contributed by atoms with van der Waals surface area (Å²) in [6.45, 7) is 7.78. The number of nitrogens with one attached hydrogen (secondary N) is 1. The second kappa shape index (κ2) is 7.43. The molecule has 0 aliphatic heterocycles. The van der Waals surface area contributed by atoms with E-state index >= 15 is 0 Å². The predicted octanol–water partition coefficient (Wildman–Crippen LogP) is 1.81. The van der Waals surface area contributed by atoms with E-state index in [0.717, 1.165) is 13.1 Å². The first kappa shape index (κ1) is 11.8. The fourth-order valence-corrected chi connectivity index (χ4v) is 1.34. The van der Waals surface area contributed by atoms with Crippen molar-refractivity contribution < 1.29 is 4.79 Å². The molecule has 0 spiro atoms. The predicted molar refractivity (Wildman–Crippen MR) is 53.6 cm³/mol. The van der Waals surface area contributed by atoms with Crippen molar-refractivity contribution in [2.75, 3.05) is 13.1 Å². The maximum Gasteiger partial charge on any atom is 0.227 e. The van der Waals surface area contributed by atoms with Crippen molar-refractivity contribution in [3.05, 3.63) is 0 Å². The highest BCUT2D eigenvalue weighted by Gasteiger charge is 2.02. The zero-order valence-corrected chi connectivity index (χ0v) is 8.91.